The molecule has 0 aromatic rings. The van der Waals surface area contributed by atoms with E-state index < -0.39 is 0 Å². The predicted octanol–water partition coefficient (Wildman–Crippen LogP) is 5.09. The van der Waals surface area contributed by atoms with Gasteiger partial charge < -0.3 is 5.11 Å². The molecular formula is C20H32O. The van der Waals surface area contributed by atoms with Crippen molar-refractivity contribution in [1.82, 2.24) is 0 Å². The van der Waals surface area contributed by atoms with E-state index >= 15 is 0 Å². The summed E-state index contributed by atoms with van der Waals surface area (Å²) in [4.78, 5) is 0. The van der Waals surface area contributed by atoms with Crippen LogP contribution in [0.3, 0.4) is 0 Å². The van der Waals surface area contributed by atoms with Crippen molar-refractivity contribution in [3.63, 3.8) is 0 Å². The van der Waals surface area contributed by atoms with E-state index in [2.05, 4.69) is 19.9 Å². The highest BCUT2D eigenvalue weighted by Gasteiger charge is 2.61. The molecule has 118 valence electrons. The van der Waals surface area contributed by atoms with Crippen molar-refractivity contribution in [2.45, 2.75) is 83.7 Å². The van der Waals surface area contributed by atoms with Gasteiger partial charge in [-0.15, -0.1) is 0 Å². The quantitative estimate of drug-likeness (QED) is 0.666. The molecule has 0 radical (unpaired) electrons. The third-order valence-corrected chi connectivity index (χ3v) is 8.27. The first kappa shape index (κ1) is 14.3. The normalized spacial score (nSPS) is 52.6. The van der Waals surface area contributed by atoms with E-state index in [1.54, 1.807) is 0 Å². The lowest BCUT2D eigenvalue weighted by molar-refractivity contribution is -0.116. The van der Waals surface area contributed by atoms with Gasteiger partial charge in [-0.2, -0.15) is 0 Å². The molecule has 4 aliphatic carbocycles. The summed E-state index contributed by atoms with van der Waals surface area (Å²) >= 11 is 0. The van der Waals surface area contributed by atoms with Gasteiger partial charge in [-0.05, 0) is 86.9 Å². The van der Waals surface area contributed by atoms with Crippen LogP contribution in [-0.4, -0.2) is 10.7 Å². The Balaban J connectivity index is 1.65. The van der Waals surface area contributed by atoms with E-state index in [0.29, 0.717) is 0 Å². The summed E-state index contributed by atoms with van der Waals surface area (Å²) < 4.78 is 0. The largest absolute Gasteiger partial charge is 0.389 e. The standard InChI is InChI=1S/C20H32O/c1-3-20(21)13-11-18-17-9-8-14-6-4-5-7-15(14)16(17)10-12-19(18,20)2/h8,15-18,21H,3-7,9-13H2,1-2H3/t15-,16-,17+,18+,19-,20-/m0/s1. The number of fused-ring (bicyclic) bond motifs is 5. The lowest BCUT2D eigenvalue weighted by Gasteiger charge is -2.55. The molecule has 0 unspecified atom stereocenters. The van der Waals surface area contributed by atoms with E-state index in [1.165, 1.54) is 51.4 Å². The average Bonchev–Trinajstić information content (AvgIpc) is 2.79. The third kappa shape index (κ3) is 1.85. The van der Waals surface area contributed by atoms with Crippen LogP contribution in [0.1, 0.15) is 78.1 Å². The molecule has 0 aromatic heterocycles. The molecule has 4 aliphatic rings. The summed E-state index contributed by atoms with van der Waals surface area (Å²) in [5.74, 6) is 3.51. The first-order valence-corrected chi connectivity index (χ1v) is 9.50. The molecule has 0 heterocycles. The second kappa shape index (κ2) is 4.85. The van der Waals surface area contributed by atoms with Crippen LogP contribution in [0.25, 0.3) is 0 Å². The average molecular weight is 288 g/mol. The van der Waals surface area contributed by atoms with Crippen molar-refractivity contribution in [2.24, 2.45) is 29.1 Å². The topological polar surface area (TPSA) is 20.2 Å². The van der Waals surface area contributed by atoms with Crippen molar-refractivity contribution in [3.05, 3.63) is 11.6 Å². The van der Waals surface area contributed by atoms with Crippen LogP contribution >= 0.6 is 0 Å². The molecule has 3 saturated carbocycles. The molecule has 6 atom stereocenters. The molecule has 21 heavy (non-hydrogen) atoms. The summed E-state index contributed by atoms with van der Waals surface area (Å²) in [6.45, 7) is 4.62. The van der Waals surface area contributed by atoms with Crippen molar-refractivity contribution < 1.29 is 5.11 Å². The molecule has 3 fully saturated rings. The first-order valence-electron chi connectivity index (χ1n) is 9.50. The van der Waals surface area contributed by atoms with Gasteiger partial charge in [0.15, 0.2) is 0 Å². The summed E-state index contributed by atoms with van der Waals surface area (Å²) in [5.41, 5.74) is 1.64. The van der Waals surface area contributed by atoms with Crippen LogP contribution in [-0.2, 0) is 0 Å². The zero-order chi connectivity index (χ0) is 14.7. The minimum atomic E-state index is -0.376. The molecule has 0 amide bonds. The Bertz CT molecular complexity index is 453. The minimum Gasteiger partial charge on any atom is -0.389 e. The molecule has 1 N–H and O–H groups in total. The fourth-order valence-corrected chi connectivity index (χ4v) is 6.94. The molecular weight excluding hydrogens is 256 g/mol. The van der Waals surface area contributed by atoms with Crippen LogP contribution in [0.4, 0.5) is 0 Å². The maximum Gasteiger partial charge on any atom is 0.0701 e. The van der Waals surface area contributed by atoms with Crippen molar-refractivity contribution in [1.29, 1.82) is 0 Å². The number of hydrogen-bond acceptors (Lipinski definition) is 1. The SMILES string of the molecule is CC[C@]1(O)CC[C@@H]2[C@@H]3CC=C4CCCC[C@@H]4[C@@H]3CC[C@@]21C. The second-order valence-electron chi connectivity index (χ2n) is 8.68. The molecule has 0 aromatic carbocycles. The fraction of sp³-hybridized carbons (Fsp3) is 0.900. The van der Waals surface area contributed by atoms with Crippen molar-refractivity contribution in [2.75, 3.05) is 0 Å². The van der Waals surface area contributed by atoms with Gasteiger partial charge in [0.25, 0.3) is 0 Å². The maximum absolute atomic E-state index is 11.2. The molecule has 1 heteroatoms. The Morgan fingerprint density at radius 1 is 1.14 bits per heavy atom. The van der Waals surface area contributed by atoms with Gasteiger partial charge >= 0.3 is 0 Å². The number of allylic oxidation sites excluding steroid dienone is 2. The lowest BCUT2D eigenvalue weighted by Crippen LogP contribution is -2.52. The maximum atomic E-state index is 11.2. The predicted molar refractivity (Wildman–Crippen MR) is 86.9 cm³/mol. The van der Waals surface area contributed by atoms with Crippen LogP contribution < -0.4 is 0 Å². The third-order valence-electron chi connectivity index (χ3n) is 8.27. The van der Waals surface area contributed by atoms with Gasteiger partial charge in [0.05, 0.1) is 5.60 Å². The van der Waals surface area contributed by atoms with Gasteiger partial charge in [0.2, 0.25) is 0 Å². The summed E-state index contributed by atoms with van der Waals surface area (Å²) in [5, 5.41) is 11.2. The monoisotopic (exact) mass is 288 g/mol. The molecule has 0 bridgehead atoms. The van der Waals surface area contributed by atoms with Gasteiger partial charge in [0, 0.05) is 0 Å². The highest BCUT2D eigenvalue weighted by molar-refractivity contribution is 5.20. The van der Waals surface area contributed by atoms with E-state index in [0.717, 1.165) is 36.5 Å². The van der Waals surface area contributed by atoms with Crippen molar-refractivity contribution in [3.8, 4) is 0 Å². The zero-order valence-electron chi connectivity index (χ0n) is 13.9. The zero-order valence-corrected chi connectivity index (χ0v) is 13.9. The summed E-state index contributed by atoms with van der Waals surface area (Å²) in [6.07, 6.45) is 15.6. The van der Waals surface area contributed by atoms with Gasteiger partial charge in [-0.3, -0.25) is 0 Å². The van der Waals surface area contributed by atoms with Crippen LogP contribution in [0.15, 0.2) is 11.6 Å². The molecule has 1 nitrogen and oxygen atoms in total. The molecule has 4 rings (SSSR count). The van der Waals surface area contributed by atoms with Gasteiger partial charge in [-0.25, -0.2) is 0 Å². The van der Waals surface area contributed by atoms with E-state index in [1.807, 2.05) is 5.57 Å². The number of rotatable bonds is 1. The van der Waals surface area contributed by atoms with Crippen LogP contribution in [0.2, 0.25) is 0 Å². The second-order valence-corrected chi connectivity index (χ2v) is 8.68. The Morgan fingerprint density at radius 2 is 2.00 bits per heavy atom. The lowest BCUT2D eigenvalue weighted by atomic mass is 9.51. The van der Waals surface area contributed by atoms with Crippen LogP contribution in [0, 0.1) is 29.1 Å². The number of hydrogen-bond donors (Lipinski definition) is 1. The Morgan fingerprint density at radius 3 is 2.81 bits per heavy atom. The van der Waals surface area contributed by atoms with Crippen LogP contribution in [0.5, 0.6) is 0 Å². The highest BCUT2D eigenvalue weighted by atomic mass is 16.3. The summed E-state index contributed by atoms with van der Waals surface area (Å²) in [7, 11) is 0. The fourth-order valence-electron chi connectivity index (χ4n) is 6.94. The van der Waals surface area contributed by atoms with Gasteiger partial charge in [0.1, 0.15) is 0 Å². The molecule has 0 aliphatic heterocycles. The van der Waals surface area contributed by atoms with Crippen molar-refractivity contribution >= 4 is 0 Å². The minimum absolute atomic E-state index is 0.197. The molecule has 0 spiro atoms. The van der Waals surface area contributed by atoms with E-state index in [9.17, 15) is 5.11 Å². The number of aliphatic hydroxyl groups is 1. The molecule has 0 saturated heterocycles. The summed E-state index contributed by atoms with van der Waals surface area (Å²) in [6, 6.07) is 0. The first-order chi connectivity index (χ1) is 10.1. The Kier molecular flexibility index (Phi) is 3.30. The van der Waals surface area contributed by atoms with Gasteiger partial charge in [-0.1, -0.05) is 31.9 Å². The highest BCUT2D eigenvalue weighted by Crippen LogP contribution is 2.65. The van der Waals surface area contributed by atoms with E-state index in [4.69, 9.17) is 0 Å². The Labute approximate surface area is 130 Å². The Hall–Kier alpha value is -0.300. The smallest absolute Gasteiger partial charge is 0.0701 e. The van der Waals surface area contributed by atoms with E-state index in [-0.39, 0.29) is 11.0 Å².